The number of hydrogen-bond donors (Lipinski definition) is 1. The van der Waals surface area contributed by atoms with Gasteiger partial charge in [-0.2, -0.15) is 0 Å². The van der Waals surface area contributed by atoms with E-state index in [0.717, 1.165) is 0 Å². The predicted octanol–water partition coefficient (Wildman–Crippen LogP) is 4.54. The summed E-state index contributed by atoms with van der Waals surface area (Å²) in [5.74, 6) is 0. The third-order valence-corrected chi connectivity index (χ3v) is 5.41. The number of thiophene rings is 1. The Bertz CT molecular complexity index is 586. The number of nitrogens with one attached hydrogen (secondary N) is 1. The van der Waals surface area contributed by atoms with Crippen LogP contribution in [0.2, 0.25) is 0 Å². The molecule has 3 heteroatoms. The second-order valence-electron chi connectivity index (χ2n) is 6.12. The third-order valence-electron chi connectivity index (χ3n) is 4.41. The molecule has 0 spiro atoms. The summed E-state index contributed by atoms with van der Waals surface area (Å²) in [5, 5.41) is 6.06. The minimum atomic E-state index is 0.386. The number of fused-ring (bicyclic) bond motifs is 1. The van der Waals surface area contributed by atoms with Crippen LogP contribution in [0.15, 0.2) is 35.7 Å². The molecule has 0 saturated heterocycles. The molecule has 1 aromatic carbocycles. The second kappa shape index (κ2) is 6.20. The van der Waals surface area contributed by atoms with Crippen molar-refractivity contribution in [1.29, 1.82) is 0 Å². The van der Waals surface area contributed by atoms with Gasteiger partial charge in [0.05, 0.1) is 0 Å². The van der Waals surface area contributed by atoms with E-state index in [1.54, 1.807) is 4.88 Å². The van der Waals surface area contributed by atoms with Crippen LogP contribution < -0.4 is 10.2 Å². The molecule has 3 rings (SSSR count). The standard InChI is InChI=1S/C18H24N2S/c1-13(14-7-9-15(10-8-14)20(2)3)19-17-5-4-6-18-16(17)11-12-21-18/h7-13,17,19H,4-6H2,1-3H3. The van der Waals surface area contributed by atoms with E-state index in [9.17, 15) is 0 Å². The minimum Gasteiger partial charge on any atom is -0.378 e. The summed E-state index contributed by atoms with van der Waals surface area (Å²) in [5.41, 5.74) is 4.15. The van der Waals surface area contributed by atoms with Gasteiger partial charge in [0.15, 0.2) is 0 Å². The Labute approximate surface area is 131 Å². The van der Waals surface area contributed by atoms with Gasteiger partial charge in [0.25, 0.3) is 0 Å². The number of rotatable bonds is 4. The molecule has 0 bridgehead atoms. The highest BCUT2D eigenvalue weighted by atomic mass is 32.1. The normalized spacial score (nSPS) is 19.1. The largest absolute Gasteiger partial charge is 0.378 e. The van der Waals surface area contributed by atoms with Crippen LogP contribution in [0, 0.1) is 0 Å². The van der Waals surface area contributed by atoms with Gasteiger partial charge in [0.2, 0.25) is 0 Å². The van der Waals surface area contributed by atoms with Gasteiger partial charge < -0.3 is 10.2 Å². The van der Waals surface area contributed by atoms with Crippen LogP contribution in [0.3, 0.4) is 0 Å². The maximum absolute atomic E-state index is 3.82. The molecule has 0 saturated carbocycles. The molecule has 1 aliphatic carbocycles. The van der Waals surface area contributed by atoms with Crippen molar-refractivity contribution >= 4 is 17.0 Å². The van der Waals surface area contributed by atoms with E-state index < -0.39 is 0 Å². The van der Waals surface area contributed by atoms with Crippen molar-refractivity contribution in [3.8, 4) is 0 Å². The molecule has 0 amide bonds. The van der Waals surface area contributed by atoms with Gasteiger partial charge in [0.1, 0.15) is 0 Å². The maximum Gasteiger partial charge on any atom is 0.0361 e. The maximum atomic E-state index is 3.82. The predicted molar refractivity (Wildman–Crippen MR) is 92.3 cm³/mol. The fourth-order valence-corrected chi connectivity index (χ4v) is 4.11. The Morgan fingerprint density at radius 1 is 1.19 bits per heavy atom. The molecule has 2 nitrogen and oxygen atoms in total. The number of hydrogen-bond acceptors (Lipinski definition) is 3. The molecule has 2 atom stereocenters. The first-order chi connectivity index (χ1) is 10.1. The smallest absolute Gasteiger partial charge is 0.0361 e. The Morgan fingerprint density at radius 2 is 1.95 bits per heavy atom. The highest BCUT2D eigenvalue weighted by Crippen LogP contribution is 2.34. The van der Waals surface area contributed by atoms with Crippen molar-refractivity contribution in [1.82, 2.24) is 5.32 Å². The molecule has 1 heterocycles. The van der Waals surface area contributed by atoms with Crippen molar-refractivity contribution in [2.75, 3.05) is 19.0 Å². The van der Waals surface area contributed by atoms with E-state index in [1.807, 2.05) is 11.3 Å². The Hall–Kier alpha value is -1.32. The molecule has 2 aromatic rings. The molecule has 1 N–H and O–H groups in total. The van der Waals surface area contributed by atoms with Crippen LogP contribution in [0.4, 0.5) is 5.69 Å². The van der Waals surface area contributed by atoms with Crippen molar-refractivity contribution in [3.05, 3.63) is 51.7 Å². The van der Waals surface area contributed by atoms with Gasteiger partial charge in [0, 0.05) is 36.7 Å². The first-order valence-electron chi connectivity index (χ1n) is 7.75. The monoisotopic (exact) mass is 300 g/mol. The van der Waals surface area contributed by atoms with E-state index in [0.29, 0.717) is 12.1 Å². The highest BCUT2D eigenvalue weighted by molar-refractivity contribution is 7.10. The van der Waals surface area contributed by atoms with Gasteiger partial charge in [-0.05, 0) is 60.9 Å². The summed E-state index contributed by atoms with van der Waals surface area (Å²) in [6, 6.07) is 12.1. The summed E-state index contributed by atoms with van der Waals surface area (Å²) >= 11 is 1.91. The van der Waals surface area contributed by atoms with E-state index in [1.165, 1.54) is 36.1 Å². The van der Waals surface area contributed by atoms with Gasteiger partial charge in [-0.25, -0.2) is 0 Å². The molecule has 0 fully saturated rings. The molecule has 1 aromatic heterocycles. The van der Waals surface area contributed by atoms with Crippen LogP contribution in [-0.4, -0.2) is 14.1 Å². The number of nitrogens with zero attached hydrogens (tertiary/aromatic N) is 1. The van der Waals surface area contributed by atoms with E-state index in [2.05, 4.69) is 66.9 Å². The fraction of sp³-hybridized carbons (Fsp3) is 0.444. The molecular formula is C18H24N2S. The van der Waals surface area contributed by atoms with Crippen molar-refractivity contribution in [3.63, 3.8) is 0 Å². The zero-order chi connectivity index (χ0) is 14.8. The highest BCUT2D eigenvalue weighted by Gasteiger charge is 2.22. The van der Waals surface area contributed by atoms with Gasteiger partial charge >= 0.3 is 0 Å². The van der Waals surface area contributed by atoms with Crippen LogP contribution in [0.1, 0.15) is 47.9 Å². The second-order valence-corrected chi connectivity index (χ2v) is 7.12. The zero-order valence-corrected chi connectivity index (χ0v) is 13.9. The van der Waals surface area contributed by atoms with Crippen LogP contribution in [0.5, 0.6) is 0 Å². The summed E-state index contributed by atoms with van der Waals surface area (Å²) in [7, 11) is 4.16. The lowest BCUT2D eigenvalue weighted by molar-refractivity contribution is 0.418. The number of benzene rings is 1. The lowest BCUT2D eigenvalue weighted by atomic mass is 9.93. The van der Waals surface area contributed by atoms with E-state index >= 15 is 0 Å². The van der Waals surface area contributed by atoms with Crippen LogP contribution >= 0.6 is 11.3 Å². The van der Waals surface area contributed by atoms with Gasteiger partial charge in [-0.15, -0.1) is 11.3 Å². The Balaban J connectivity index is 1.71. The SMILES string of the molecule is CC(NC1CCCc2sccc21)c1ccc(N(C)C)cc1. The van der Waals surface area contributed by atoms with Crippen LogP contribution in [-0.2, 0) is 6.42 Å². The quantitative estimate of drug-likeness (QED) is 0.891. The molecule has 1 aliphatic rings. The number of aryl methyl sites for hydroxylation is 1. The summed E-state index contributed by atoms with van der Waals surface area (Å²) < 4.78 is 0. The Morgan fingerprint density at radius 3 is 2.67 bits per heavy atom. The topological polar surface area (TPSA) is 15.3 Å². The van der Waals surface area contributed by atoms with Crippen molar-refractivity contribution < 1.29 is 0 Å². The third kappa shape index (κ3) is 3.14. The van der Waals surface area contributed by atoms with E-state index in [-0.39, 0.29) is 0 Å². The molecule has 0 radical (unpaired) electrons. The zero-order valence-electron chi connectivity index (χ0n) is 13.1. The average molecular weight is 300 g/mol. The van der Waals surface area contributed by atoms with Crippen LogP contribution in [0.25, 0.3) is 0 Å². The lowest BCUT2D eigenvalue weighted by Gasteiger charge is -2.27. The number of anilines is 1. The van der Waals surface area contributed by atoms with E-state index in [4.69, 9.17) is 0 Å². The average Bonchev–Trinajstić information content (AvgIpc) is 2.97. The van der Waals surface area contributed by atoms with Gasteiger partial charge in [-0.1, -0.05) is 12.1 Å². The first kappa shape index (κ1) is 14.6. The van der Waals surface area contributed by atoms with Crippen molar-refractivity contribution in [2.24, 2.45) is 0 Å². The first-order valence-corrected chi connectivity index (χ1v) is 8.62. The Kier molecular flexibility index (Phi) is 4.32. The molecule has 0 aliphatic heterocycles. The summed E-state index contributed by atoms with van der Waals surface area (Å²) in [6.07, 6.45) is 3.82. The lowest BCUT2D eigenvalue weighted by Crippen LogP contribution is -2.27. The van der Waals surface area contributed by atoms with Crippen molar-refractivity contribution in [2.45, 2.75) is 38.3 Å². The summed E-state index contributed by atoms with van der Waals surface area (Å²) in [6.45, 7) is 2.27. The summed E-state index contributed by atoms with van der Waals surface area (Å²) in [4.78, 5) is 3.72. The molecule has 2 unspecified atom stereocenters. The van der Waals surface area contributed by atoms with Gasteiger partial charge in [-0.3, -0.25) is 0 Å². The molecular weight excluding hydrogens is 276 g/mol. The fourth-order valence-electron chi connectivity index (χ4n) is 3.12. The molecule has 21 heavy (non-hydrogen) atoms. The molecule has 112 valence electrons. The minimum absolute atomic E-state index is 0.386.